The fourth-order valence-electron chi connectivity index (χ4n) is 5.01. The van der Waals surface area contributed by atoms with E-state index in [9.17, 15) is 14.0 Å². The summed E-state index contributed by atoms with van der Waals surface area (Å²) >= 11 is 0. The van der Waals surface area contributed by atoms with Gasteiger partial charge in [-0.15, -0.1) is 0 Å². The van der Waals surface area contributed by atoms with E-state index in [1.54, 1.807) is 19.9 Å². The van der Waals surface area contributed by atoms with Crippen LogP contribution in [0, 0.1) is 5.82 Å². The summed E-state index contributed by atoms with van der Waals surface area (Å²) in [6.07, 6.45) is 5.18. The Morgan fingerprint density at radius 2 is 1.84 bits per heavy atom. The second-order valence-electron chi connectivity index (χ2n) is 10.6. The van der Waals surface area contributed by atoms with Gasteiger partial charge in [-0.1, -0.05) is 50.2 Å². The van der Waals surface area contributed by atoms with E-state index in [0.29, 0.717) is 12.2 Å². The highest BCUT2D eigenvalue weighted by Gasteiger charge is 2.40. The fourth-order valence-corrected chi connectivity index (χ4v) is 5.01. The number of carbonyl (C=O) groups excluding carboxylic acids is 2. The van der Waals surface area contributed by atoms with Gasteiger partial charge in [0.15, 0.2) is 0 Å². The summed E-state index contributed by atoms with van der Waals surface area (Å²) in [5.41, 5.74) is 4.03. The van der Waals surface area contributed by atoms with Crippen LogP contribution in [0.1, 0.15) is 54.9 Å². The van der Waals surface area contributed by atoms with Crippen molar-refractivity contribution in [2.24, 2.45) is 0 Å². The molecular formula is C31H30FN3O3. The molecule has 0 N–H and O–H groups in total. The molecule has 0 atom stereocenters. The molecular weight excluding hydrogens is 481 g/mol. The predicted molar refractivity (Wildman–Crippen MR) is 144 cm³/mol. The Kier molecular flexibility index (Phi) is 6.61. The van der Waals surface area contributed by atoms with Crippen LogP contribution in [0.2, 0.25) is 0 Å². The standard InChI is InChI=1S/C31H30FN3O3/c1-20(2)38-30(37)25-18-35(29(36)22-11-8-12-23(32)15-22)19-31(3,4)27-24-17-34(14-13-26(24)33-28(25)27)16-21-9-6-5-7-10-21/h5-15,17-18,20H,16,19H2,1-4H3. The number of carbonyl (C=O) groups is 2. The third-order valence-electron chi connectivity index (χ3n) is 6.62. The van der Waals surface area contributed by atoms with E-state index < -0.39 is 23.1 Å². The number of aromatic nitrogens is 2. The van der Waals surface area contributed by atoms with Gasteiger partial charge in [-0.05, 0) is 49.2 Å². The van der Waals surface area contributed by atoms with Crippen molar-refractivity contribution in [2.75, 3.05) is 6.54 Å². The molecule has 5 rings (SSSR count). The summed E-state index contributed by atoms with van der Waals surface area (Å²) in [6.45, 7) is 8.55. The summed E-state index contributed by atoms with van der Waals surface area (Å²) in [5, 5.41) is 0. The number of hydrogen-bond donors (Lipinski definition) is 0. The highest BCUT2D eigenvalue weighted by atomic mass is 19.1. The molecule has 3 aliphatic heterocycles. The summed E-state index contributed by atoms with van der Waals surface area (Å²) in [5.74, 6) is -1.46. The second kappa shape index (κ2) is 9.89. The lowest BCUT2D eigenvalue weighted by Crippen LogP contribution is -2.37. The van der Waals surface area contributed by atoms with Crippen molar-refractivity contribution in [2.45, 2.75) is 45.8 Å². The molecule has 0 saturated heterocycles. The molecule has 0 saturated carbocycles. The van der Waals surface area contributed by atoms with E-state index in [4.69, 9.17) is 9.72 Å². The molecule has 0 spiro atoms. The number of ether oxygens (including phenoxy) is 1. The van der Waals surface area contributed by atoms with Crippen LogP contribution >= 0.6 is 0 Å². The molecule has 0 aromatic heterocycles. The largest absolute Gasteiger partial charge is 0.459 e. The Morgan fingerprint density at radius 3 is 2.55 bits per heavy atom. The normalized spacial score (nSPS) is 14.7. The average molecular weight is 512 g/mol. The first kappa shape index (κ1) is 25.4. The van der Waals surface area contributed by atoms with Crippen LogP contribution < -0.4 is 0 Å². The summed E-state index contributed by atoms with van der Waals surface area (Å²) in [4.78, 5) is 33.2. The van der Waals surface area contributed by atoms with Crippen LogP contribution in [0.25, 0.3) is 16.8 Å². The van der Waals surface area contributed by atoms with Crippen LogP contribution in [0.15, 0.2) is 79.3 Å². The highest BCUT2D eigenvalue weighted by molar-refractivity contribution is 6.18. The number of pyridine rings is 1. The third-order valence-corrected chi connectivity index (χ3v) is 6.62. The van der Waals surface area contributed by atoms with Gasteiger partial charge in [-0.3, -0.25) is 4.79 Å². The molecule has 0 unspecified atom stereocenters. The topological polar surface area (TPSA) is 64.4 Å². The maximum absolute atomic E-state index is 13.9. The van der Waals surface area contributed by atoms with Gasteiger partial charge in [0, 0.05) is 48.2 Å². The Balaban J connectivity index is 1.64. The maximum atomic E-state index is 13.9. The van der Waals surface area contributed by atoms with Crippen molar-refractivity contribution < 1.29 is 18.7 Å². The van der Waals surface area contributed by atoms with E-state index in [2.05, 4.69) is 16.7 Å². The van der Waals surface area contributed by atoms with Crippen LogP contribution in [-0.2, 0) is 21.5 Å². The van der Waals surface area contributed by atoms with Crippen molar-refractivity contribution in [3.8, 4) is 11.3 Å². The van der Waals surface area contributed by atoms with Crippen molar-refractivity contribution in [1.29, 1.82) is 0 Å². The average Bonchev–Trinajstić information content (AvgIpc) is 3.20. The van der Waals surface area contributed by atoms with E-state index in [1.807, 2.05) is 50.5 Å². The molecule has 2 aromatic rings. The number of esters is 1. The number of nitrogens with zero attached hydrogens (tertiary/aromatic N) is 3. The van der Waals surface area contributed by atoms with Crippen LogP contribution in [0.3, 0.4) is 0 Å². The van der Waals surface area contributed by atoms with Crippen LogP contribution in [-0.4, -0.2) is 39.0 Å². The van der Waals surface area contributed by atoms with Gasteiger partial charge in [-0.25, -0.2) is 14.2 Å². The number of amides is 1. The zero-order chi connectivity index (χ0) is 27.0. The van der Waals surface area contributed by atoms with Gasteiger partial charge in [0.05, 0.1) is 17.5 Å². The second-order valence-corrected chi connectivity index (χ2v) is 10.6. The Hall–Kier alpha value is -4.26. The molecule has 0 radical (unpaired) electrons. The van der Waals surface area contributed by atoms with E-state index in [1.165, 1.54) is 29.3 Å². The van der Waals surface area contributed by atoms with Gasteiger partial charge >= 0.3 is 5.97 Å². The summed E-state index contributed by atoms with van der Waals surface area (Å²) in [6, 6.07) is 17.7. The molecule has 194 valence electrons. The minimum Gasteiger partial charge on any atom is -0.459 e. The predicted octanol–water partition coefficient (Wildman–Crippen LogP) is 5.90. The van der Waals surface area contributed by atoms with Crippen molar-refractivity contribution in [3.63, 3.8) is 0 Å². The zero-order valence-electron chi connectivity index (χ0n) is 21.9. The van der Waals surface area contributed by atoms with Crippen LogP contribution in [0.4, 0.5) is 4.39 Å². The number of benzene rings is 2. The van der Waals surface area contributed by atoms with Crippen molar-refractivity contribution in [3.05, 3.63) is 107 Å². The Bertz CT molecular complexity index is 1500. The fraction of sp³-hybridized carbons (Fsp3) is 0.258. The van der Waals surface area contributed by atoms with Gasteiger partial charge < -0.3 is 14.2 Å². The molecule has 38 heavy (non-hydrogen) atoms. The smallest absolute Gasteiger partial charge is 0.342 e. The lowest BCUT2D eigenvalue weighted by Gasteiger charge is -2.30. The zero-order valence-corrected chi connectivity index (χ0v) is 21.9. The molecule has 2 aromatic carbocycles. The van der Waals surface area contributed by atoms with E-state index in [-0.39, 0.29) is 23.8 Å². The van der Waals surface area contributed by atoms with Gasteiger partial charge in [0.1, 0.15) is 11.4 Å². The molecule has 7 heteroatoms. The van der Waals surface area contributed by atoms with E-state index >= 15 is 0 Å². The molecule has 3 aliphatic rings. The minimum absolute atomic E-state index is 0.203. The molecule has 1 amide bonds. The first-order chi connectivity index (χ1) is 18.1. The molecule has 3 heterocycles. The molecule has 6 nitrogen and oxygen atoms in total. The molecule has 0 aliphatic carbocycles. The first-order valence-corrected chi connectivity index (χ1v) is 12.7. The monoisotopic (exact) mass is 511 g/mol. The molecule has 0 fully saturated rings. The Morgan fingerprint density at radius 1 is 1.08 bits per heavy atom. The Labute approximate surface area is 221 Å². The lowest BCUT2D eigenvalue weighted by atomic mass is 9.81. The van der Waals surface area contributed by atoms with Crippen LogP contribution in [0.5, 0.6) is 0 Å². The quantitative estimate of drug-likeness (QED) is 0.313. The lowest BCUT2D eigenvalue weighted by molar-refractivity contribution is -0.140. The van der Waals surface area contributed by atoms with Gasteiger partial charge in [-0.2, -0.15) is 0 Å². The van der Waals surface area contributed by atoms with E-state index in [0.717, 1.165) is 22.4 Å². The number of hydrogen-bond acceptors (Lipinski definition) is 4. The summed E-state index contributed by atoms with van der Waals surface area (Å²) in [7, 11) is 0. The van der Waals surface area contributed by atoms with Gasteiger partial charge in [0.2, 0.25) is 0 Å². The van der Waals surface area contributed by atoms with Crippen molar-refractivity contribution >= 4 is 17.4 Å². The van der Waals surface area contributed by atoms with Crippen molar-refractivity contribution in [1.82, 2.24) is 14.5 Å². The third kappa shape index (κ3) is 4.96. The SMILES string of the molecule is CC(C)OC(=O)C1=CN(C(=O)c2cccc(F)c2)CC(C)(C)c2c3cn(Cc4ccccc4)ccc-3nc21. The number of fused-ring (bicyclic) bond motifs is 3. The molecule has 0 bridgehead atoms. The minimum atomic E-state index is -0.588. The number of halogens is 1. The number of rotatable bonds is 5. The summed E-state index contributed by atoms with van der Waals surface area (Å²) < 4.78 is 21.6. The highest BCUT2D eigenvalue weighted by Crippen LogP contribution is 2.43. The van der Waals surface area contributed by atoms with Gasteiger partial charge in [0.25, 0.3) is 5.91 Å². The first-order valence-electron chi connectivity index (χ1n) is 12.7. The maximum Gasteiger partial charge on any atom is 0.342 e.